The highest BCUT2D eigenvalue weighted by Crippen LogP contribution is 2.35. The van der Waals surface area contributed by atoms with Crippen LogP contribution in [0.3, 0.4) is 0 Å². The molecule has 2 atom stereocenters. The predicted octanol–water partition coefficient (Wildman–Crippen LogP) is 3.95. The van der Waals surface area contributed by atoms with Crippen molar-refractivity contribution in [2.75, 3.05) is 27.0 Å². The number of hydrogen-bond donors (Lipinski definition) is 1. The Morgan fingerprint density at radius 3 is 2.48 bits per heavy atom. The highest BCUT2D eigenvalue weighted by molar-refractivity contribution is 7.98. The van der Waals surface area contributed by atoms with Crippen molar-refractivity contribution in [3.63, 3.8) is 0 Å². The molecule has 1 aromatic carbocycles. The van der Waals surface area contributed by atoms with Crippen molar-refractivity contribution in [2.24, 2.45) is 11.8 Å². The molecule has 4 heteroatoms. The molecule has 1 aromatic rings. The minimum Gasteiger partial charge on any atom is -0.493 e. The summed E-state index contributed by atoms with van der Waals surface area (Å²) in [6, 6.07) is 4.16. The van der Waals surface area contributed by atoms with Crippen molar-refractivity contribution < 1.29 is 9.47 Å². The van der Waals surface area contributed by atoms with Crippen LogP contribution in [0.1, 0.15) is 31.7 Å². The summed E-state index contributed by atoms with van der Waals surface area (Å²) in [6.07, 6.45) is 6.25. The summed E-state index contributed by atoms with van der Waals surface area (Å²) in [7, 11) is 3.37. The topological polar surface area (TPSA) is 30.5 Å². The molecule has 0 aliphatic heterocycles. The van der Waals surface area contributed by atoms with Crippen molar-refractivity contribution in [1.82, 2.24) is 5.32 Å². The fourth-order valence-corrected chi connectivity index (χ4v) is 3.77. The van der Waals surface area contributed by atoms with E-state index in [2.05, 4.69) is 30.6 Å². The number of ether oxygens (including phenoxy) is 2. The quantitative estimate of drug-likeness (QED) is 0.773. The molecule has 3 nitrogen and oxygen atoms in total. The normalized spacial score (nSPS) is 21.5. The molecule has 118 valence electrons. The van der Waals surface area contributed by atoms with Gasteiger partial charge in [0.15, 0.2) is 11.5 Å². The number of nitrogens with one attached hydrogen (secondary N) is 1. The molecule has 0 spiro atoms. The number of thioether (sulfide) groups is 1. The van der Waals surface area contributed by atoms with Crippen molar-refractivity contribution in [3.8, 4) is 11.5 Å². The van der Waals surface area contributed by atoms with Crippen LogP contribution in [0.4, 0.5) is 0 Å². The third kappa shape index (κ3) is 4.07. The third-order valence-corrected chi connectivity index (χ3v) is 5.37. The molecule has 0 radical (unpaired) electrons. The van der Waals surface area contributed by atoms with E-state index in [4.69, 9.17) is 9.47 Å². The smallest absolute Gasteiger partial charge is 0.161 e. The Bertz CT molecular complexity index is 464. The lowest BCUT2D eigenvalue weighted by atomic mass is 9.98. The van der Waals surface area contributed by atoms with Gasteiger partial charge in [-0.15, -0.1) is 11.8 Å². The molecular formula is C17H27NO2S. The van der Waals surface area contributed by atoms with Crippen molar-refractivity contribution >= 4 is 11.8 Å². The van der Waals surface area contributed by atoms with Gasteiger partial charge in [-0.3, -0.25) is 0 Å². The first-order valence-electron chi connectivity index (χ1n) is 7.69. The zero-order valence-corrected chi connectivity index (χ0v) is 14.4. The Labute approximate surface area is 132 Å². The summed E-state index contributed by atoms with van der Waals surface area (Å²) < 4.78 is 10.8. The van der Waals surface area contributed by atoms with Gasteiger partial charge < -0.3 is 14.8 Å². The van der Waals surface area contributed by atoms with Gasteiger partial charge in [-0.25, -0.2) is 0 Å². The molecule has 1 fully saturated rings. The highest BCUT2D eigenvalue weighted by Gasteiger charge is 2.22. The largest absolute Gasteiger partial charge is 0.493 e. The Hall–Kier alpha value is -0.870. The van der Waals surface area contributed by atoms with E-state index in [0.29, 0.717) is 0 Å². The van der Waals surface area contributed by atoms with Crippen molar-refractivity contribution in [1.29, 1.82) is 0 Å². The van der Waals surface area contributed by atoms with Gasteiger partial charge in [0.25, 0.3) is 0 Å². The number of benzene rings is 1. The van der Waals surface area contributed by atoms with Crippen molar-refractivity contribution in [3.05, 3.63) is 17.7 Å². The van der Waals surface area contributed by atoms with E-state index in [1.54, 1.807) is 26.0 Å². The summed E-state index contributed by atoms with van der Waals surface area (Å²) in [5, 5.41) is 3.63. The van der Waals surface area contributed by atoms with Crippen LogP contribution in [0.5, 0.6) is 11.5 Å². The van der Waals surface area contributed by atoms with E-state index in [-0.39, 0.29) is 0 Å². The zero-order valence-electron chi connectivity index (χ0n) is 13.6. The average molecular weight is 309 g/mol. The van der Waals surface area contributed by atoms with Crippen LogP contribution in [0.15, 0.2) is 17.0 Å². The molecule has 0 heterocycles. The molecule has 21 heavy (non-hydrogen) atoms. The minimum atomic E-state index is 0.801. The standard InChI is InChI=1S/C17H27NO2S/c1-12-6-5-7-13(12)10-18-11-14-8-15(19-2)16(20-3)9-17(14)21-4/h8-9,12-13,18H,5-7,10-11H2,1-4H3. The van der Waals surface area contributed by atoms with Crippen LogP contribution in [0.25, 0.3) is 0 Å². The Kier molecular flexibility index (Phi) is 6.24. The van der Waals surface area contributed by atoms with E-state index in [1.165, 1.54) is 29.7 Å². The molecule has 2 unspecified atom stereocenters. The van der Waals surface area contributed by atoms with Gasteiger partial charge >= 0.3 is 0 Å². The summed E-state index contributed by atoms with van der Waals surface area (Å²) >= 11 is 1.75. The Morgan fingerprint density at radius 1 is 1.19 bits per heavy atom. The summed E-state index contributed by atoms with van der Waals surface area (Å²) in [6.45, 7) is 4.38. The van der Waals surface area contributed by atoms with E-state index >= 15 is 0 Å². The second-order valence-corrected chi connectivity index (χ2v) is 6.67. The maximum Gasteiger partial charge on any atom is 0.161 e. The molecule has 1 aliphatic carbocycles. The average Bonchev–Trinajstić information content (AvgIpc) is 2.92. The Morgan fingerprint density at radius 2 is 1.90 bits per heavy atom. The lowest BCUT2D eigenvalue weighted by Gasteiger charge is -2.18. The summed E-state index contributed by atoms with van der Waals surface area (Å²) in [5.41, 5.74) is 1.28. The van der Waals surface area contributed by atoms with Gasteiger partial charge in [-0.05, 0) is 48.8 Å². The summed E-state index contributed by atoms with van der Waals surface area (Å²) in [5.74, 6) is 3.31. The molecule has 0 bridgehead atoms. The van der Waals surface area contributed by atoms with Gasteiger partial charge in [0.05, 0.1) is 14.2 Å². The number of rotatable bonds is 7. The fourth-order valence-electron chi connectivity index (χ4n) is 3.15. The van der Waals surface area contributed by atoms with Crippen molar-refractivity contribution in [2.45, 2.75) is 37.6 Å². The van der Waals surface area contributed by atoms with Crippen LogP contribution >= 0.6 is 11.8 Å². The van der Waals surface area contributed by atoms with E-state index in [0.717, 1.165) is 36.4 Å². The lowest BCUT2D eigenvalue weighted by molar-refractivity contribution is 0.352. The second-order valence-electron chi connectivity index (χ2n) is 5.82. The van der Waals surface area contributed by atoms with Gasteiger partial charge in [0.1, 0.15) is 0 Å². The minimum absolute atomic E-state index is 0.801. The summed E-state index contributed by atoms with van der Waals surface area (Å²) in [4.78, 5) is 1.25. The zero-order chi connectivity index (χ0) is 15.2. The van der Waals surface area contributed by atoms with Gasteiger partial charge in [-0.1, -0.05) is 19.8 Å². The maximum absolute atomic E-state index is 5.41. The predicted molar refractivity (Wildman–Crippen MR) is 89.5 cm³/mol. The van der Waals surface area contributed by atoms with Gasteiger partial charge in [0.2, 0.25) is 0 Å². The molecule has 0 aromatic heterocycles. The number of methoxy groups -OCH3 is 2. The van der Waals surface area contributed by atoms with E-state index in [1.807, 2.05) is 0 Å². The SMILES string of the molecule is COc1cc(CNCC2CCCC2C)c(SC)cc1OC. The van der Waals surface area contributed by atoms with E-state index < -0.39 is 0 Å². The molecular weight excluding hydrogens is 282 g/mol. The van der Waals surface area contributed by atoms with Gasteiger partial charge in [0, 0.05) is 11.4 Å². The first-order chi connectivity index (χ1) is 10.2. The van der Waals surface area contributed by atoms with Crippen LogP contribution in [-0.2, 0) is 6.54 Å². The molecule has 0 saturated heterocycles. The first-order valence-corrected chi connectivity index (χ1v) is 8.91. The Balaban J connectivity index is 2.01. The fraction of sp³-hybridized carbons (Fsp3) is 0.647. The second kappa shape index (κ2) is 7.95. The van der Waals surface area contributed by atoms with Crippen LogP contribution in [0, 0.1) is 11.8 Å². The molecule has 2 rings (SSSR count). The van der Waals surface area contributed by atoms with Crippen LogP contribution in [0.2, 0.25) is 0 Å². The molecule has 1 aliphatic rings. The maximum atomic E-state index is 5.41. The highest BCUT2D eigenvalue weighted by atomic mass is 32.2. The van der Waals surface area contributed by atoms with Crippen LogP contribution in [-0.4, -0.2) is 27.0 Å². The van der Waals surface area contributed by atoms with Gasteiger partial charge in [-0.2, -0.15) is 0 Å². The third-order valence-electron chi connectivity index (χ3n) is 4.55. The molecule has 1 saturated carbocycles. The van der Waals surface area contributed by atoms with E-state index in [9.17, 15) is 0 Å². The van der Waals surface area contributed by atoms with Crippen LogP contribution < -0.4 is 14.8 Å². The molecule has 1 N–H and O–H groups in total. The number of hydrogen-bond acceptors (Lipinski definition) is 4. The molecule has 0 amide bonds. The lowest BCUT2D eigenvalue weighted by Crippen LogP contribution is -2.24. The first kappa shape index (κ1) is 16.5. The monoisotopic (exact) mass is 309 g/mol.